The molecule has 1 aromatic carbocycles. The molecule has 5 nitrogen and oxygen atoms in total. The summed E-state index contributed by atoms with van der Waals surface area (Å²) in [4.78, 5) is 6.13. The summed E-state index contributed by atoms with van der Waals surface area (Å²) in [6.45, 7) is 2.99. The Labute approximate surface area is 125 Å². The molecule has 0 amide bonds. The minimum Gasteiger partial charge on any atom is -0.382 e. The highest BCUT2D eigenvalue weighted by Gasteiger charge is 2.06. The Morgan fingerprint density at radius 2 is 2.14 bits per heavy atom. The van der Waals surface area contributed by atoms with Gasteiger partial charge in [0.05, 0.1) is 19.8 Å². The first-order chi connectivity index (χ1) is 10.2. The number of ether oxygens (including phenoxy) is 2. The summed E-state index contributed by atoms with van der Waals surface area (Å²) in [6, 6.07) is 6.56. The van der Waals surface area contributed by atoms with Crippen LogP contribution >= 0.6 is 0 Å². The van der Waals surface area contributed by atoms with E-state index in [-0.39, 0.29) is 5.82 Å². The Bertz CT molecular complexity index is 441. The first kappa shape index (κ1) is 17.4. The molecule has 0 atom stereocenters. The molecule has 0 aliphatic heterocycles. The number of guanidine groups is 1. The third-order valence-electron chi connectivity index (χ3n) is 2.84. The fraction of sp³-hybridized carbons (Fsp3) is 0.533. The van der Waals surface area contributed by atoms with E-state index >= 15 is 0 Å². The molecule has 0 aliphatic rings. The molecule has 0 saturated heterocycles. The maximum Gasteiger partial charge on any atom is 0.193 e. The molecular weight excluding hydrogens is 273 g/mol. The van der Waals surface area contributed by atoms with Crippen LogP contribution < -0.4 is 5.32 Å². The van der Waals surface area contributed by atoms with Crippen LogP contribution in [-0.2, 0) is 16.0 Å². The molecule has 6 heteroatoms. The van der Waals surface area contributed by atoms with Crippen molar-refractivity contribution in [3.8, 4) is 0 Å². The van der Waals surface area contributed by atoms with E-state index in [1.54, 1.807) is 20.2 Å². The van der Waals surface area contributed by atoms with Gasteiger partial charge in [0.25, 0.3) is 0 Å². The zero-order valence-corrected chi connectivity index (χ0v) is 12.9. The number of hydrogen-bond donors (Lipinski definition) is 1. The Morgan fingerprint density at radius 1 is 1.33 bits per heavy atom. The van der Waals surface area contributed by atoms with E-state index in [0.717, 1.165) is 11.5 Å². The number of aliphatic imine (C=N–C) groups is 1. The zero-order chi connectivity index (χ0) is 15.5. The molecule has 0 unspecified atom stereocenters. The standard InChI is InChI=1S/C15H24FN3O2/c1-17-15(18-7-8-21-10-9-20-3)19(2)12-13-5-4-6-14(16)11-13/h4-6,11H,7-10,12H2,1-3H3,(H,17,18). The van der Waals surface area contributed by atoms with Gasteiger partial charge in [0, 0.05) is 34.3 Å². The van der Waals surface area contributed by atoms with Gasteiger partial charge in [-0.3, -0.25) is 4.99 Å². The van der Waals surface area contributed by atoms with Crippen molar-refractivity contribution in [2.45, 2.75) is 6.54 Å². The highest BCUT2D eigenvalue weighted by Crippen LogP contribution is 2.06. The number of halogens is 1. The fourth-order valence-corrected chi connectivity index (χ4v) is 1.85. The second-order valence-corrected chi connectivity index (χ2v) is 4.57. The van der Waals surface area contributed by atoms with Gasteiger partial charge in [-0.15, -0.1) is 0 Å². The number of nitrogens with zero attached hydrogens (tertiary/aromatic N) is 2. The Kier molecular flexibility index (Phi) is 8.38. The predicted octanol–water partition coefficient (Wildman–Crippen LogP) is 1.50. The van der Waals surface area contributed by atoms with Crippen molar-refractivity contribution < 1.29 is 13.9 Å². The molecule has 0 saturated carbocycles. The Balaban J connectivity index is 2.34. The van der Waals surface area contributed by atoms with Crippen LogP contribution in [0.25, 0.3) is 0 Å². The van der Waals surface area contributed by atoms with Crippen LogP contribution in [0.3, 0.4) is 0 Å². The molecule has 0 aromatic heterocycles. The van der Waals surface area contributed by atoms with Gasteiger partial charge in [0.1, 0.15) is 5.82 Å². The molecule has 0 bridgehead atoms. The van der Waals surface area contributed by atoms with Crippen LogP contribution in [0.1, 0.15) is 5.56 Å². The van der Waals surface area contributed by atoms with Crippen LogP contribution in [0.4, 0.5) is 4.39 Å². The average molecular weight is 297 g/mol. The molecule has 0 spiro atoms. The normalized spacial score (nSPS) is 11.5. The van der Waals surface area contributed by atoms with E-state index < -0.39 is 0 Å². The van der Waals surface area contributed by atoms with Gasteiger partial charge in [-0.05, 0) is 17.7 Å². The Morgan fingerprint density at radius 3 is 2.81 bits per heavy atom. The largest absolute Gasteiger partial charge is 0.382 e. The smallest absolute Gasteiger partial charge is 0.193 e. The maximum atomic E-state index is 13.2. The lowest BCUT2D eigenvalue weighted by Crippen LogP contribution is -2.40. The number of nitrogens with one attached hydrogen (secondary N) is 1. The average Bonchev–Trinajstić information content (AvgIpc) is 2.46. The van der Waals surface area contributed by atoms with E-state index in [1.165, 1.54) is 12.1 Å². The van der Waals surface area contributed by atoms with Gasteiger partial charge >= 0.3 is 0 Å². The van der Waals surface area contributed by atoms with Crippen molar-refractivity contribution in [3.05, 3.63) is 35.6 Å². The molecule has 21 heavy (non-hydrogen) atoms. The van der Waals surface area contributed by atoms with Crippen LogP contribution in [0.2, 0.25) is 0 Å². The second kappa shape index (κ2) is 10.1. The van der Waals surface area contributed by atoms with E-state index in [0.29, 0.717) is 32.9 Å². The van der Waals surface area contributed by atoms with E-state index in [9.17, 15) is 4.39 Å². The first-order valence-electron chi connectivity index (χ1n) is 6.90. The van der Waals surface area contributed by atoms with Crippen molar-refractivity contribution in [1.29, 1.82) is 0 Å². The molecule has 0 fully saturated rings. The van der Waals surface area contributed by atoms with Crippen LogP contribution in [0, 0.1) is 5.82 Å². The van der Waals surface area contributed by atoms with E-state index in [1.807, 2.05) is 18.0 Å². The van der Waals surface area contributed by atoms with E-state index in [4.69, 9.17) is 9.47 Å². The number of rotatable bonds is 8. The third kappa shape index (κ3) is 7.06. The fourth-order valence-electron chi connectivity index (χ4n) is 1.85. The molecule has 118 valence electrons. The van der Waals surface area contributed by atoms with Gasteiger partial charge in [0.2, 0.25) is 0 Å². The van der Waals surface area contributed by atoms with Crippen molar-refractivity contribution in [1.82, 2.24) is 10.2 Å². The van der Waals surface area contributed by atoms with E-state index in [2.05, 4.69) is 10.3 Å². The quantitative estimate of drug-likeness (QED) is 0.449. The number of methoxy groups -OCH3 is 1. The minimum absolute atomic E-state index is 0.226. The molecule has 1 N–H and O–H groups in total. The lowest BCUT2D eigenvalue weighted by atomic mass is 10.2. The van der Waals surface area contributed by atoms with Gasteiger partial charge in [-0.25, -0.2) is 4.39 Å². The van der Waals surface area contributed by atoms with Gasteiger partial charge < -0.3 is 19.7 Å². The third-order valence-corrected chi connectivity index (χ3v) is 2.84. The lowest BCUT2D eigenvalue weighted by Gasteiger charge is -2.22. The van der Waals surface area contributed by atoms with Gasteiger partial charge in [0.15, 0.2) is 5.96 Å². The van der Waals surface area contributed by atoms with Crippen molar-refractivity contribution in [2.75, 3.05) is 47.6 Å². The molecule has 0 radical (unpaired) electrons. The topological polar surface area (TPSA) is 46.1 Å². The summed E-state index contributed by atoms with van der Waals surface area (Å²) in [5, 5.41) is 3.20. The van der Waals surface area contributed by atoms with Crippen molar-refractivity contribution >= 4 is 5.96 Å². The van der Waals surface area contributed by atoms with Crippen molar-refractivity contribution in [3.63, 3.8) is 0 Å². The molecule has 1 aromatic rings. The van der Waals surface area contributed by atoms with Gasteiger partial charge in [-0.2, -0.15) is 0 Å². The molecule has 0 heterocycles. The van der Waals surface area contributed by atoms with Crippen LogP contribution in [0.5, 0.6) is 0 Å². The maximum absolute atomic E-state index is 13.2. The lowest BCUT2D eigenvalue weighted by molar-refractivity contribution is 0.0731. The predicted molar refractivity (Wildman–Crippen MR) is 81.9 cm³/mol. The number of hydrogen-bond acceptors (Lipinski definition) is 3. The minimum atomic E-state index is -0.226. The second-order valence-electron chi connectivity index (χ2n) is 4.57. The molecular formula is C15H24FN3O2. The number of benzene rings is 1. The summed E-state index contributed by atoms with van der Waals surface area (Å²) in [5.74, 6) is 0.519. The zero-order valence-electron chi connectivity index (χ0n) is 12.9. The summed E-state index contributed by atoms with van der Waals surface area (Å²) >= 11 is 0. The molecule has 1 rings (SSSR count). The summed E-state index contributed by atoms with van der Waals surface area (Å²) in [5.41, 5.74) is 0.900. The highest BCUT2D eigenvalue weighted by atomic mass is 19.1. The summed E-state index contributed by atoms with van der Waals surface area (Å²) < 4.78 is 23.4. The Hall–Kier alpha value is -1.66. The SMILES string of the molecule is CN=C(NCCOCCOC)N(C)Cc1cccc(F)c1. The van der Waals surface area contributed by atoms with Crippen molar-refractivity contribution in [2.24, 2.45) is 4.99 Å². The molecule has 0 aliphatic carbocycles. The highest BCUT2D eigenvalue weighted by molar-refractivity contribution is 5.79. The summed E-state index contributed by atoms with van der Waals surface area (Å²) in [7, 11) is 5.27. The van der Waals surface area contributed by atoms with Crippen LogP contribution in [-0.4, -0.2) is 58.4 Å². The first-order valence-corrected chi connectivity index (χ1v) is 6.90. The summed E-state index contributed by atoms with van der Waals surface area (Å²) in [6.07, 6.45) is 0. The monoisotopic (exact) mass is 297 g/mol. The van der Waals surface area contributed by atoms with Gasteiger partial charge in [-0.1, -0.05) is 12.1 Å². The van der Waals surface area contributed by atoms with Crippen LogP contribution in [0.15, 0.2) is 29.3 Å².